The fourth-order valence-electron chi connectivity index (χ4n) is 1.36. The van der Waals surface area contributed by atoms with Gasteiger partial charge in [-0.2, -0.15) is 0 Å². The summed E-state index contributed by atoms with van der Waals surface area (Å²) >= 11 is 0. The van der Waals surface area contributed by atoms with Crippen molar-refractivity contribution >= 4 is 11.6 Å². The quantitative estimate of drug-likeness (QED) is 0.769. The summed E-state index contributed by atoms with van der Waals surface area (Å²) in [5.41, 5.74) is -1.83. The maximum Gasteiger partial charge on any atom is 0.141 e. The van der Waals surface area contributed by atoms with E-state index < -0.39 is 16.4 Å². The SMILES string of the molecule is CC(CC(=O)C(C)(C)C)(CC(=O)C(C)(C)C)ON. The highest BCUT2D eigenvalue weighted by atomic mass is 16.6. The van der Waals surface area contributed by atoms with Gasteiger partial charge in [0.1, 0.15) is 17.2 Å². The molecule has 18 heavy (non-hydrogen) atoms. The predicted molar refractivity (Wildman–Crippen MR) is 71.8 cm³/mol. The number of hydrogen-bond acceptors (Lipinski definition) is 4. The molecule has 0 aromatic carbocycles. The lowest BCUT2D eigenvalue weighted by Crippen LogP contribution is -2.41. The molecule has 0 aromatic heterocycles. The van der Waals surface area contributed by atoms with Crippen LogP contribution in [-0.4, -0.2) is 17.2 Å². The van der Waals surface area contributed by atoms with Gasteiger partial charge in [-0.05, 0) is 6.92 Å². The van der Waals surface area contributed by atoms with E-state index in [-0.39, 0.29) is 24.4 Å². The average molecular weight is 257 g/mol. The van der Waals surface area contributed by atoms with Gasteiger partial charge in [-0.25, -0.2) is 5.90 Å². The van der Waals surface area contributed by atoms with E-state index in [2.05, 4.69) is 0 Å². The fourth-order valence-corrected chi connectivity index (χ4v) is 1.36. The molecule has 4 heteroatoms. The smallest absolute Gasteiger partial charge is 0.141 e. The molecule has 0 aromatic rings. The topological polar surface area (TPSA) is 69.4 Å². The zero-order valence-electron chi connectivity index (χ0n) is 12.7. The van der Waals surface area contributed by atoms with E-state index in [4.69, 9.17) is 10.7 Å². The molecule has 0 rings (SSSR count). The summed E-state index contributed by atoms with van der Waals surface area (Å²) in [6.45, 7) is 12.8. The second-order valence-electron chi connectivity index (χ2n) is 7.27. The first-order chi connectivity index (χ1) is 7.82. The lowest BCUT2D eigenvalue weighted by Gasteiger charge is -2.31. The van der Waals surface area contributed by atoms with Crippen molar-refractivity contribution < 1.29 is 14.4 Å². The maximum atomic E-state index is 12.0. The van der Waals surface area contributed by atoms with Gasteiger partial charge in [0.15, 0.2) is 0 Å². The second-order valence-corrected chi connectivity index (χ2v) is 7.27. The summed E-state index contributed by atoms with van der Waals surface area (Å²) in [5, 5.41) is 0. The number of hydrogen-bond donors (Lipinski definition) is 1. The molecule has 0 aliphatic carbocycles. The van der Waals surface area contributed by atoms with Crippen LogP contribution in [0.1, 0.15) is 61.3 Å². The van der Waals surface area contributed by atoms with Crippen LogP contribution < -0.4 is 5.90 Å². The summed E-state index contributed by atoms with van der Waals surface area (Å²) < 4.78 is 0. The van der Waals surface area contributed by atoms with Crippen LogP contribution in [0.15, 0.2) is 0 Å². The van der Waals surface area contributed by atoms with Crippen molar-refractivity contribution in [2.45, 2.75) is 66.9 Å². The molecule has 0 aliphatic heterocycles. The highest BCUT2D eigenvalue weighted by Crippen LogP contribution is 2.29. The minimum Gasteiger partial charge on any atom is -0.299 e. The molecule has 0 bridgehead atoms. The van der Waals surface area contributed by atoms with E-state index in [0.717, 1.165) is 0 Å². The van der Waals surface area contributed by atoms with E-state index in [0.29, 0.717) is 0 Å². The van der Waals surface area contributed by atoms with Gasteiger partial charge in [-0.15, -0.1) is 0 Å². The Morgan fingerprint density at radius 2 is 1.11 bits per heavy atom. The summed E-state index contributed by atoms with van der Waals surface area (Å²) in [7, 11) is 0. The Morgan fingerprint density at radius 3 is 1.28 bits per heavy atom. The molecule has 0 radical (unpaired) electrons. The van der Waals surface area contributed by atoms with E-state index in [9.17, 15) is 9.59 Å². The molecule has 0 unspecified atom stereocenters. The van der Waals surface area contributed by atoms with Gasteiger partial charge in [0.05, 0.1) is 0 Å². The zero-order valence-corrected chi connectivity index (χ0v) is 12.7. The fraction of sp³-hybridized carbons (Fsp3) is 0.857. The van der Waals surface area contributed by atoms with Crippen LogP contribution in [0.5, 0.6) is 0 Å². The van der Waals surface area contributed by atoms with Gasteiger partial charge in [0.2, 0.25) is 0 Å². The molecule has 0 heterocycles. The van der Waals surface area contributed by atoms with Crippen molar-refractivity contribution in [1.82, 2.24) is 0 Å². The molecule has 0 aliphatic rings. The van der Waals surface area contributed by atoms with E-state index in [1.165, 1.54) is 0 Å². The monoisotopic (exact) mass is 257 g/mol. The van der Waals surface area contributed by atoms with E-state index >= 15 is 0 Å². The molecule has 0 spiro atoms. The molecule has 4 nitrogen and oxygen atoms in total. The Kier molecular flexibility index (Phi) is 5.27. The van der Waals surface area contributed by atoms with Crippen LogP contribution in [0, 0.1) is 10.8 Å². The van der Waals surface area contributed by atoms with Gasteiger partial charge < -0.3 is 0 Å². The Morgan fingerprint density at radius 1 is 0.833 bits per heavy atom. The van der Waals surface area contributed by atoms with Crippen molar-refractivity contribution in [3.05, 3.63) is 0 Å². The minimum absolute atomic E-state index is 0.0390. The van der Waals surface area contributed by atoms with Crippen molar-refractivity contribution in [3.63, 3.8) is 0 Å². The summed E-state index contributed by atoms with van der Waals surface area (Å²) in [6.07, 6.45) is 0.295. The molecule has 0 saturated carbocycles. The summed E-state index contributed by atoms with van der Waals surface area (Å²) in [4.78, 5) is 29.0. The molecule has 2 N–H and O–H groups in total. The minimum atomic E-state index is -0.922. The van der Waals surface area contributed by atoms with E-state index in [1.54, 1.807) is 6.92 Å². The van der Waals surface area contributed by atoms with Crippen LogP contribution in [-0.2, 0) is 14.4 Å². The molecule has 0 fully saturated rings. The highest BCUT2D eigenvalue weighted by molar-refractivity contribution is 5.88. The van der Waals surface area contributed by atoms with Crippen LogP contribution in [0.3, 0.4) is 0 Å². The second kappa shape index (κ2) is 5.49. The van der Waals surface area contributed by atoms with Gasteiger partial charge in [-0.1, -0.05) is 41.5 Å². The Balaban J connectivity index is 4.84. The normalized spacial score (nSPS) is 13.6. The van der Waals surface area contributed by atoms with Crippen LogP contribution in [0.2, 0.25) is 0 Å². The number of rotatable bonds is 5. The van der Waals surface area contributed by atoms with Crippen molar-refractivity contribution in [1.29, 1.82) is 0 Å². The Hall–Kier alpha value is -0.740. The Labute approximate surface area is 110 Å². The molecule has 0 amide bonds. The number of nitrogens with two attached hydrogens (primary N) is 1. The first-order valence-electron chi connectivity index (χ1n) is 6.26. The number of ketones is 2. The first kappa shape index (κ1) is 17.3. The highest BCUT2D eigenvalue weighted by Gasteiger charge is 2.37. The van der Waals surface area contributed by atoms with Gasteiger partial charge in [0.25, 0.3) is 0 Å². The van der Waals surface area contributed by atoms with Crippen molar-refractivity contribution in [2.75, 3.05) is 0 Å². The lowest BCUT2D eigenvalue weighted by atomic mass is 9.78. The van der Waals surface area contributed by atoms with Crippen LogP contribution in [0.25, 0.3) is 0 Å². The number of carbonyl (C=O) groups is 2. The Bertz CT molecular complexity index is 293. The largest absolute Gasteiger partial charge is 0.299 e. The summed E-state index contributed by atoms with van der Waals surface area (Å²) in [5.74, 6) is 5.36. The first-order valence-corrected chi connectivity index (χ1v) is 6.26. The third-order valence-corrected chi connectivity index (χ3v) is 3.03. The van der Waals surface area contributed by atoms with Crippen molar-refractivity contribution in [2.24, 2.45) is 16.7 Å². The zero-order chi connectivity index (χ0) is 14.8. The molecular formula is C14H27NO3. The third-order valence-electron chi connectivity index (χ3n) is 3.03. The van der Waals surface area contributed by atoms with Gasteiger partial charge >= 0.3 is 0 Å². The molecule has 0 atom stereocenters. The third kappa shape index (κ3) is 5.27. The summed E-state index contributed by atoms with van der Waals surface area (Å²) in [6, 6.07) is 0. The lowest BCUT2D eigenvalue weighted by molar-refractivity contribution is -0.141. The number of Topliss-reactive ketones (excluding diaryl/α,β-unsaturated/α-hetero) is 2. The van der Waals surface area contributed by atoms with Gasteiger partial charge in [0, 0.05) is 23.7 Å². The molecular weight excluding hydrogens is 230 g/mol. The maximum absolute atomic E-state index is 12.0. The number of carbonyl (C=O) groups excluding carboxylic acids is 2. The average Bonchev–Trinajstić information content (AvgIpc) is 2.14. The molecule has 0 saturated heterocycles. The van der Waals surface area contributed by atoms with Crippen LogP contribution >= 0.6 is 0 Å². The van der Waals surface area contributed by atoms with Crippen molar-refractivity contribution in [3.8, 4) is 0 Å². The van der Waals surface area contributed by atoms with Crippen LogP contribution in [0.4, 0.5) is 0 Å². The molecule has 106 valence electrons. The predicted octanol–water partition coefficient (Wildman–Crippen LogP) is 2.65. The van der Waals surface area contributed by atoms with Gasteiger partial charge in [-0.3, -0.25) is 14.4 Å². The van der Waals surface area contributed by atoms with E-state index in [1.807, 2.05) is 41.5 Å². The standard InChI is InChI=1S/C14H27NO3/c1-12(2,3)10(16)8-14(7,18-15)9-11(17)13(4,5)6/h8-9,15H2,1-7H3.